The number of fused-ring (bicyclic) bond motifs is 1. The Morgan fingerprint density at radius 2 is 1.73 bits per heavy atom. The molecule has 1 aliphatic carbocycles. The van der Waals surface area contributed by atoms with E-state index in [1.54, 1.807) is 6.07 Å². The van der Waals surface area contributed by atoms with Crippen molar-refractivity contribution in [3.05, 3.63) is 81.7 Å². The molecule has 2 aliphatic rings. The van der Waals surface area contributed by atoms with E-state index in [9.17, 15) is 0 Å². The number of hydrogen-bond acceptors (Lipinski definition) is 5. The molecule has 0 radical (unpaired) electrons. The van der Waals surface area contributed by atoms with Crippen LogP contribution >= 0.6 is 35.0 Å². The molecule has 1 fully saturated rings. The third kappa shape index (κ3) is 3.33. The van der Waals surface area contributed by atoms with Gasteiger partial charge in [0.15, 0.2) is 0 Å². The molecular formula is C23H22Cl2N4S. The number of nitrogens with one attached hydrogen (secondary N) is 1. The van der Waals surface area contributed by atoms with E-state index in [1.165, 1.54) is 22.9 Å². The lowest BCUT2D eigenvalue weighted by molar-refractivity contribution is 0.149. The quantitative estimate of drug-likeness (QED) is 0.548. The van der Waals surface area contributed by atoms with Crippen LogP contribution in [0.2, 0.25) is 10.0 Å². The van der Waals surface area contributed by atoms with Gasteiger partial charge in [-0.3, -0.25) is 4.98 Å². The highest BCUT2D eigenvalue weighted by Crippen LogP contribution is 2.59. The predicted octanol–water partition coefficient (Wildman–Crippen LogP) is 5.45. The number of rotatable bonds is 3. The Balaban J connectivity index is 1.50. The van der Waals surface area contributed by atoms with Gasteiger partial charge in [0.1, 0.15) is 5.03 Å². The number of aromatic nitrogens is 2. The van der Waals surface area contributed by atoms with Crippen LogP contribution in [0.25, 0.3) is 0 Å². The Bertz CT molecular complexity index is 1070. The fourth-order valence-electron chi connectivity index (χ4n) is 5.01. The van der Waals surface area contributed by atoms with Gasteiger partial charge in [-0.05, 0) is 49.2 Å². The summed E-state index contributed by atoms with van der Waals surface area (Å²) in [7, 11) is 0. The Labute approximate surface area is 190 Å². The summed E-state index contributed by atoms with van der Waals surface area (Å²) in [6.07, 6.45) is 5.80. The van der Waals surface area contributed by atoms with Crippen molar-refractivity contribution in [2.45, 2.75) is 34.7 Å². The first-order chi connectivity index (χ1) is 14.6. The summed E-state index contributed by atoms with van der Waals surface area (Å²) in [5, 5.41) is 5.35. The van der Waals surface area contributed by atoms with Gasteiger partial charge >= 0.3 is 0 Å². The Hall–Kier alpha value is -1.63. The number of nitrogens with zero attached hydrogens (tertiary/aromatic N) is 2. The van der Waals surface area contributed by atoms with Gasteiger partial charge in [-0.2, -0.15) is 0 Å². The highest BCUT2D eigenvalue weighted by Gasteiger charge is 2.52. The molecule has 2 heterocycles. The van der Waals surface area contributed by atoms with Crippen LogP contribution in [0.1, 0.15) is 41.6 Å². The zero-order valence-corrected chi connectivity index (χ0v) is 18.6. The molecule has 2 unspecified atom stereocenters. The Morgan fingerprint density at radius 1 is 0.967 bits per heavy atom. The predicted molar refractivity (Wildman–Crippen MR) is 122 cm³/mol. The van der Waals surface area contributed by atoms with Gasteiger partial charge in [-0.1, -0.05) is 65.3 Å². The van der Waals surface area contributed by atoms with Crippen LogP contribution in [-0.2, 0) is 0 Å². The Morgan fingerprint density at radius 3 is 2.47 bits per heavy atom. The monoisotopic (exact) mass is 456 g/mol. The molecule has 2 atom stereocenters. The molecule has 1 aliphatic heterocycles. The molecule has 1 saturated heterocycles. The lowest BCUT2D eigenvalue weighted by Crippen LogP contribution is -2.44. The first-order valence-corrected chi connectivity index (χ1v) is 11.7. The smallest absolute Gasteiger partial charge is 0.119 e. The SMILES string of the molecule is NC1c2ccccc2C(c2cnc(Sc3cccc(Cl)c3Cl)cn2)C12CCNCC2. The summed E-state index contributed by atoms with van der Waals surface area (Å²) in [5.41, 5.74) is 10.3. The third-order valence-corrected chi connectivity index (χ3v) is 8.36. The van der Waals surface area contributed by atoms with Gasteiger partial charge in [-0.25, -0.2) is 4.98 Å². The number of nitrogens with two attached hydrogens (primary N) is 1. The largest absolute Gasteiger partial charge is 0.323 e. The van der Waals surface area contributed by atoms with Gasteiger partial charge in [0.2, 0.25) is 0 Å². The summed E-state index contributed by atoms with van der Waals surface area (Å²) < 4.78 is 0. The van der Waals surface area contributed by atoms with Gasteiger partial charge in [0, 0.05) is 22.3 Å². The van der Waals surface area contributed by atoms with Crippen molar-refractivity contribution in [3.63, 3.8) is 0 Å². The van der Waals surface area contributed by atoms with E-state index >= 15 is 0 Å². The maximum Gasteiger partial charge on any atom is 0.119 e. The van der Waals surface area contributed by atoms with E-state index in [0.29, 0.717) is 10.0 Å². The summed E-state index contributed by atoms with van der Waals surface area (Å²) in [6.45, 7) is 1.96. The summed E-state index contributed by atoms with van der Waals surface area (Å²) in [5.74, 6) is 0.159. The second-order valence-electron chi connectivity index (χ2n) is 7.96. The second kappa shape index (κ2) is 8.13. The van der Waals surface area contributed by atoms with E-state index in [0.717, 1.165) is 41.5 Å². The van der Waals surface area contributed by atoms with E-state index in [2.05, 4.69) is 29.6 Å². The molecule has 0 amide bonds. The van der Waals surface area contributed by atoms with E-state index in [4.69, 9.17) is 38.9 Å². The first kappa shape index (κ1) is 20.3. The third-order valence-electron chi connectivity index (χ3n) is 6.45. The van der Waals surface area contributed by atoms with Crippen LogP contribution in [0.3, 0.4) is 0 Å². The van der Waals surface area contributed by atoms with Gasteiger partial charge in [0.25, 0.3) is 0 Å². The molecule has 0 saturated carbocycles. The molecule has 4 nitrogen and oxygen atoms in total. The summed E-state index contributed by atoms with van der Waals surface area (Å²) in [6, 6.07) is 14.2. The van der Waals surface area contributed by atoms with Crippen LogP contribution in [0.4, 0.5) is 0 Å². The molecule has 3 N–H and O–H groups in total. The molecule has 154 valence electrons. The number of hydrogen-bond donors (Lipinski definition) is 2. The highest BCUT2D eigenvalue weighted by atomic mass is 35.5. The van der Waals surface area contributed by atoms with Gasteiger partial charge in [0.05, 0.1) is 28.1 Å². The minimum absolute atomic E-state index is 0.0157. The molecule has 3 aromatic rings. The van der Waals surface area contributed by atoms with E-state index in [-0.39, 0.29) is 17.4 Å². The molecule has 30 heavy (non-hydrogen) atoms. The first-order valence-electron chi connectivity index (χ1n) is 10.1. The van der Waals surface area contributed by atoms with E-state index in [1.807, 2.05) is 24.5 Å². The molecule has 7 heteroatoms. The zero-order chi connectivity index (χ0) is 20.7. The molecule has 2 aromatic carbocycles. The fourth-order valence-corrected chi connectivity index (χ4v) is 6.26. The van der Waals surface area contributed by atoms with Gasteiger partial charge < -0.3 is 11.1 Å². The molecule has 1 aromatic heterocycles. The number of halogens is 2. The fraction of sp³-hybridized carbons (Fsp3) is 0.304. The second-order valence-corrected chi connectivity index (χ2v) is 9.80. The summed E-state index contributed by atoms with van der Waals surface area (Å²) >= 11 is 13.9. The van der Waals surface area contributed by atoms with Crippen molar-refractivity contribution in [3.8, 4) is 0 Å². The zero-order valence-electron chi connectivity index (χ0n) is 16.3. The lowest BCUT2D eigenvalue weighted by Gasteiger charge is -2.42. The average Bonchev–Trinajstić information content (AvgIpc) is 3.01. The van der Waals surface area contributed by atoms with Crippen molar-refractivity contribution in [1.82, 2.24) is 15.3 Å². The van der Waals surface area contributed by atoms with Crippen molar-refractivity contribution in [2.75, 3.05) is 13.1 Å². The molecule has 5 rings (SSSR count). The lowest BCUT2D eigenvalue weighted by atomic mass is 9.66. The normalized spacial score (nSPS) is 22.2. The topological polar surface area (TPSA) is 63.8 Å². The minimum Gasteiger partial charge on any atom is -0.323 e. The molecule has 0 bridgehead atoms. The maximum atomic E-state index is 6.84. The standard InChI is InChI=1S/C23H22Cl2N4S/c24-16-6-3-7-18(21(16)25)30-19-13-28-17(12-29-19)20-14-4-1-2-5-15(14)22(26)23(20)8-10-27-11-9-23/h1-7,12-13,20,22,27H,8-11,26H2. The Kier molecular flexibility index (Phi) is 5.50. The average molecular weight is 457 g/mol. The van der Waals surface area contributed by atoms with Crippen molar-refractivity contribution in [2.24, 2.45) is 11.1 Å². The van der Waals surface area contributed by atoms with Crippen LogP contribution in [0.15, 0.2) is 64.8 Å². The minimum atomic E-state index is -0.0193. The van der Waals surface area contributed by atoms with Crippen molar-refractivity contribution in [1.29, 1.82) is 0 Å². The molecular weight excluding hydrogens is 435 g/mol. The van der Waals surface area contributed by atoms with Crippen LogP contribution in [-0.4, -0.2) is 23.1 Å². The van der Waals surface area contributed by atoms with Crippen molar-refractivity contribution < 1.29 is 0 Å². The number of piperidine rings is 1. The summed E-state index contributed by atoms with van der Waals surface area (Å²) in [4.78, 5) is 10.4. The number of benzene rings is 2. The van der Waals surface area contributed by atoms with Crippen LogP contribution < -0.4 is 11.1 Å². The highest BCUT2D eigenvalue weighted by molar-refractivity contribution is 7.99. The van der Waals surface area contributed by atoms with E-state index < -0.39 is 0 Å². The van der Waals surface area contributed by atoms with Crippen molar-refractivity contribution >= 4 is 35.0 Å². The molecule has 1 spiro atoms. The van der Waals surface area contributed by atoms with Gasteiger partial charge in [-0.15, -0.1) is 0 Å². The maximum absolute atomic E-state index is 6.84. The van der Waals surface area contributed by atoms with Crippen LogP contribution in [0.5, 0.6) is 0 Å². The van der Waals surface area contributed by atoms with Crippen LogP contribution in [0, 0.1) is 5.41 Å².